The fourth-order valence-electron chi connectivity index (χ4n) is 13.7. The van der Waals surface area contributed by atoms with Crippen LogP contribution in [0, 0.1) is 22.7 Å². The molecule has 33 heteroatoms. The predicted octanol–water partition coefficient (Wildman–Crippen LogP) is 13.8. The van der Waals surface area contributed by atoms with Crippen molar-refractivity contribution in [3.05, 3.63) is 161 Å². The number of rotatable bonds is 26. The van der Waals surface area contributed by atoms with Gasteiger partial charge in [-0.05, 0) is 171 Å². The quantitative estimate of drug-likeness (QED) is 0.0191. The number of aromatic nitrogens is 8. The molecule has 572 valence electrons. The van der Waals surface area contributed by atoms with Crippen molar-refractivity contribution in [2.24, 2.45) is 22.7 Å². The lowest BCUT2D eigenvalue weighted by molar-refractivity contribution is -0.190. The Labute approximate surface area is 621 Å². The fraction of sp³-hybridized carbons (Fsp3) is 0.459. The molecule has 24 nitrogen and oxygen atoms in total. The maximum Gasteiger partial charge on any atom is 0.394 e. The zero-order valence-electron chi connectivity index (χ0n) is 59.5. The monoisotopic (exact) mass is 1540 g/mol. The number of nitrogens with zero attached hydrogens (tertiary/aromatic N) is 9. The number of fused-ring (bicyclic) bond motifs is 6. The number of hydrogen-bond donors (Lipinski definition) is 5. The van der Waals surface area contributed by atoms with Gasteiger partial charge in [0.15, 0.2) is 21.7 Å². The van der Waals surface area contributed by atoms with Crippen LogP contribution in [0.1, 0.15) is 149 Å². The second-order valence-electron chi connectivity index (χ2n) is 29.1. The van der Waals surface area contributed by atoms with Gasteiger partial charge in [-0.15, -0.1) is 10.2 Å². The molecule has 5 N–H and O–H groups in total. The van der Waals surface area contributed by atoms with Gasteiger partial charge >= 0.3 is 12.4 Å². The molecular formula is C74H85ClF6N14O10S2. The Kier molecular flexibility index (Phi) is 23.1. The smallest absolute Gasteiger partial charge is 0.394 e. The third kappa shape index (κ3) is 19.5. The van der Waals surface area contributed by atoms with Gasteiger partial charge in [0, 0.05) is 79.5 Å². The third-order valence-electron chi connectivity index (χ3n) is 19.9. The molecule has 3 aliphatic heterocycles. The number of amides is 2. The predicted molar refractivity (Wildman–Crippen MR) is 387 cm³/mol. The van der Waals surface area contributed by atoms with Gasteiger partial charge in [0.05, 0.1) is 35.2 Å². The van der Waals surface area contributed by atoms with Crippen molar-refractivity contribution < 1.29 is 71.7 Å². The molecule has 4 fully saturated rings. The molecule has 2 saturated heterocycles. The molecule has 2 amide bonds. The maximum absolute atomic E-state index is 13.9. The summed E-state index contributed by atoms with van der Waals surface area (Å²) in [4.78, 5) is 46.9. The van der Waals surface area contributed by atoms with Crippen molar-refractivity contribution in [2.75, 3.05) is 54.9 Å². The van der Waals surface area contributed by atoms with E-state index in [4.69, 9.17) is 35.5 Å². The highest BCUT2D eigenvalue weighted by molar-refractivity contribution is 7.90. The van der Waals surface area contributed by atoms with Crippen molar-refractivity contribution in [3.8, 4) is 34.9 Å². The van der Waals surface area contributed by atoms with E-state index in [0.717, 1.165) is 56.2 Å². The van der Waals surface area contributed by atoms with Crippen LogP contribution >= 0.6 is 11.6 Å². The van der Waals surface area contributed by atoms with Crippen molar-refractivity contribution in [1.29, 1.82) is 0 Å². The van der Waals surface area contributed by atoms with E-state index in [9.17, 15) is 52.8 Å². The first-order valence-corrected chi connectivity index (χ1v) is 38.9. The molecular weight excluding hydrogens is 1460 g/mol. The molecule has 4 bridgehead atoms. The number of alkyl halides is 6. The van der Waals surface area contributed by atoms with Crippen LogP contribution in [-0.2, 0) is 33.3 Å². The van der Waals surface area contributed by atoms with E-state index in [2.05, 4.69) is 73.5 Å². The number of sulfonamides is 2. The first-order valence-electron chi connectivity index (χ1n) is 35.5. The highest BCUT2D eigenvalue weighted by Gasteiger charge is 2.63. The van der Waals surface area contributed by atoms with E-state index < -0.39 is 65.6 Å². The second-order valence-corrected chi connectivity index (χ2v) is 32.8. The SMILES string of the molecule is CC1(C)C[C@@H]2CCCNc3cc(OCc4ccccc4)cc(n3)S(=O)(=O)NC(=O)c3ccc(-n4ccc(OCCCC5(C(F)(F)F)CC5)n4)nc3N1C2.CC1(C)C[C@H](CCCNc2cc(OCc3ccccc3)cc(S(=O)(=O)NC(=O)c3ccc(-n4ccc(OCCCC5(C(F)(F)F)CC5)n4)nc3Cl)n2)CN1. The minimum atomic E-state index is -4.51. The third-order valence-corrected chi connectivity index (χ3v) is 22.6. The van der Waals surface area contributed by atoms with Crippen LogP contribution in [-0.4, -0.2) is 131 Å². The number of ether oxygens (including phenoxy) is 4. The summed E-state index contributed by atoms with van der Waals surface area (Å²) in [5, 5.41) is 17.5. The zero-order valence-corrected chi connectivity index (χ0v) is 61.9. The van der Waals surface area contributed by atoms with E-state index in [1.165, 1.54) is 52.0 Å². The highest BCUT2D eigenvalue weighted by Crippen LogP contribution is 2.61. The van der Waals surface area contributed by atoms with Crippen LogP contribution in [0.2, 0.25) is 5.15 Å². The highest BCUT2D eigenvalue weighted by atomic mass is 35.5. The maximum atomic E-state index is 13.9. The number of carbonyl (C=O) groups excluding carboxylic acids is 2. The minimum Gasteiger partial charge on any atom is -0.489 e. The Bertz CT molecular complexity index is 4700. The molecule has 0 spiro atoms. The number of carbonyl (C=O) groups is 2. The molecule has 2 atom stereocenters. The Hall–Kier alpha value is -9.27. The molecule has 2 aromatic carbocycles. The molecule has 2 saturated carbocycles. The van der Waals surface area contributed by atoms with Gasteiger partial charge in [0.1, 0.15) is 47.3 Å². The molecule has 13 rings (SSSR count). The Balaban J connectivity index is 0.000000200. The standard InChI is InChI=1S/C37H43ClF3N7O5S.C37H42F3N7O5S/c1-35(2)22-26(23-43-35)10-6-17-42-29-20-27(53-24-25-8-4-3-5-9-25)21-32(44-29)54(50,51)47-34(49)28-11-12-30(45-33(28)38)48-18-13-31(46-48)52-19-7-14-36(15-16-36)37(39,40)41;1-35(2)22-26-10-6-17-41-29-20-27(52-24-25-8-4-3-5-9-25)21-32(42-29)53(49,50)45-34(48)28-11-12-30(43-33(28)46(35)23-26)47-18-13-31(44-47)51-19-7-14-36(15-16-36)37(38,39)40/h3-5,8-9,11-13,18,20-21,26,43H,6-7,10,14-17,19,22-24H2,1-2H3,(H,42,44)(H,47,49);3-5,8-9,11-13,18,20-21,26H,6-7,10,14-17,19,22-24H2,1-2H3,(H,41,42)(H,45,48)/t2*26-/m00/s1. The Morgan fingerprint density at radius 2 is 1.29 bits per heavy atom. The molecule has 5 aliphatic rings. The van der Waals surface area contributed by atoms with Crippen LogP contribution in [0.15, 0.2) is 144 Å². The van der Waals surface area contributed by atoms with Gasteiger partial charge in [-0.3, -0.25) is 9.59 Å². The van der Waals surface area contributed by atoms with Crippen LogP contribution < -0.4 is 49.2 Å². The minimum absolute atomic E-state index is 0.00732. The van der Waals surface area contributed by atoms with Crippen LogP contribution in [0.4, 0.5) is 43.8 Å². The zero-order chi connectivity index (χ0) is 76.0. The number of pyridine rings is 4. The summed E-state index contributed by atoms with van der Waals surface area (Å²) in [7, 11) is -8.99. The average Bonchev–Trinajstić information content (AvgIpc) is 1.54. The van der Waals surface area contributed by atoms with Crippen molar-refractivity contribution >= 4 is 60.9 Å². The first kappa shape index (κ1) is 77.3. The largest absolute Gasteiger partial charge is 0.489 e. The topological polar surface area (TPSA) is 290 Å². The van der Waals surface area contributed by atoms with Gasteiger partial charge in [-0.1, -0.05) is 72.3 Å². The molecule has 0 unspecified atom stereocenters. The fourth-order valence-corrected chi connectivity index (χ4v) is 15.8. The summed E-state index contributed by atoms with van der Waals surface area (Å²) >= 11 is 6.35. The summed E-state index contributed by atoms with van der Waals surface area (Å²) in [5.41, 5.74) is -1.86. The van der Waals surface area contributed by atoms with E-state index in [-0.39, 0.29) is 145 Å². The van der Waals surface area contributed by atoms with Crippen LogP contribution in [0.3, 0.4) is 0 Å². The number of hydrogen-bond acceptors (Lipinski definition) is 20. The van der Waals surface area contributed by atoms with Crippen LogP contribution in [0.5, 0.6) is 23.3 Å². The van der Waals surface area contributed by atoms with Gasteiger partial charge in [-0.25, -0.2) is 38.7 Å². The summed E-state index contributed by atoms with van der Waals surface area (Å²) in [6.07, 6.45) is 1.15. The second kappa shape index (κ2) is 31.9. The molecule has 107 heavy (non-hydrogen) atoms. The van der Waals surface area contributed by atoms with Gasteiger partial charge in [-0.2, -0.15) is 43.2 Å². The van der Waals surface area contributed by atoms with Crippen molar-refractivity contribution in [2.45, 2.75) is 164 Å². The van der Waals surface area contributed by atoms with E-state index >= 15 is 0 Å². The summed E-state index contributed by atoms with van der Waals surface area (Å²) in [6.45, 7) is 11.7. The van der Waals surface area contributed by atoms with Gasteiger partial charge in [0.25, 0.3) is 31.9 Å². The first-order chi connectivity index (χ1) is 50.8. The summed E-state index contributed by atoms with van der Waals surface area (Å²) < 4.78 is 164. The molecule has 2 aliphatic carbocycles. The van der Waals surface area contributed by atoms with E-state index in [1.807, 2.05) is 70.3 Å². The summed E-state index contributed by atoms with van der Waals surface area (Å²) in [5.74, 6) is 1.24. The number of benzene rings is 2. The number of halogens is 7. The van der Waals surface area contributed by atoms with E-state index in [1.54, 1.807) is 30.5 Å². The lowest BCUT2D eigenvalue weighted by Gasteiger charge is -2.34. The molecule has 0 radical (unpaired) electrons. The molecule has 8 aromatic rings. The van der Waals surface area contributed by atoms with Crippen molar-refractivity contribution in [1.82, 2.24) is 54.3 Å². The summed E-state index contributed by atoms with van der Waals surface area (Å²) in [6, 6.07) is 33.5. The Morgan fingerprint density at radius 1 is 0.701 bits per heavy atom. The van der Waals surface area contributed by atoms with Gasteiger partial charge < -0.3 is 39.8 Å². The lowest BCUT2D eigenvalue weighted by Crippen LogP contribution is -2.41. The number of nitrogens with one attached hydrogen (secondary N) is 5. The van der Waals surface area contributed by atoms with Gasteiger partial charge in [0.2, 0.25) is 11.8 Å². The number of anilines is 3. The van der Waals surface area contributed by atoms with E-state index in [0.29, 0.717) is 43.0 Å². The lowest BCUT2D eigenvalue weighted by atomic mass is 9.93. The van der Waals surface area contributed by atoms with Crippen molar-refractivity contribution in [3.63, 3.8) is 0 Å². The van der Waals surface area contributed by atoms with Crippen LogP contribution in [0.25, 0.3) is 11.6 Å². The average molecular weight is 1540 g/mol. The molecule has 6 aromatic heterocycles. The molecule has 9 heterocycles. The normalized spacial score (nSPS) is 18.9. The Morgan fingerprint density at radius 3 is 1.86 bits per heavy atom.